The number of nitrogens with zero attached hydrogens (tertiary/aromatic N) is 1. The fraction of sp³-hybridized carbons (Fsp3) is 0.143. The smallest absolute Gasteiger partial charge is 0.290 e. The van der Waals surface area contributed by atoms with E-state index >= 15 is 0 Å². The number of hydrogen-bond acceptors (Lipinski definition) is 3. The highest BCUT2D eigenvalue weighted by Gasteiger charge is 2.17. The fourth-order valence-electron chi connectivity index (χ4n) is 1.70. The van der Waals surface area contributed by atoms with Crippen molar-refractivity contribution in [1.29, 1.82) is 0 Å². The third-order valence-corrected chi connectivity index (χ3v) is 3.62. The van der Waals surface area contributed by atoms with Gasteiger partial charge >= 0.3 is 0 Å². The first-order valence-corrected chi connectivity index (χ1v) is 7.20. The van der Waals surface area contributed by atoms with Crippen LogP contribution in [0.25, 0.3) is 0 Å². The maximum atomic E-state index is 12.5. The average molecular weight is 329 g/mol. The highest BCUT2D eigenvalue weighted by Crippen LogP contribution is 2.27. The minimum atomic E-state index is -2.64. The van der Waals surface area contributed by atoms with E-state index in [0.29, 0.717) is 10.7 Å². The summed E-state index contributed by atoms with van der Waals surface area (Å²) >= 11 is 6.09. The summed E-state index contributed by atoms with van der Waals surface area (Å²) in [7, 11) is 0. The molecule has 7 heteroatoms. The third-order valence-electron chi connectivity index (χ3n) is 2.65. The van der Waals surface area contributed by atoms with E-state index < -0.39 is 11.7 Å². The van der Waals surface area contributed by atoms with E-state index in [0.717, 1.165) is 5.56 Å². The van der Waals surface area contributed by atoms with Crippen LogP contribution in [0.15, 0.2) is 41.6 Å². The van der Waals surface area contributed by atoms with Crippen molar-refractivity contribution >= 4 is 35.0 Å². The van der Waals surface area contributed by atoms with Gasteiger partial charge in [-0.15, -0.1) is 0 Å². The van der Waals surface area contributed by atoms with E-state index in [-0.39, 0.29) is 22.4 Å². The van der Waals surface area contributed by atoms with Gasteiger partial charge in [-0.2, -0.15) is 8.78 Å². The molecule has 0 bridgehead atoms. The van der Waals surface area contributed by atoms with Crippen LogP contribution >= 0.6 is 23.4 Å². The number of amides is 1. The summed E-state index contributed by atoms with van der Waals surface area (Å²) in [6.07, 6.45) is 1.37. The Morgan fingerprint density at radius 3 is 2.81 bits per heavy atom. The second-order valence-electron chi connectivity index (χ2n) is 4.15. The van der Waals surface area contributed by atoms with E-state index in [2.05, 4.69) is 10.3 Å². The zero-order valence-electron chi connectivity index (χ0n) is 10.9. The van der Waals surface area contributed by atoms with E-state index in [1.54, 1.807) is 25.1 Å². The molecule has 0 aliphatic carbocycles. The van der Waals surface area contributed by atoms with Gasteiger partial charge in [-0.05, 0) is 54.6 Å². The quantitative estimate of drug-likeness (QED) is 0.833. The highest BCUT2D eigenvalue weighted by molar-refractivity contribution is 7.99. The Morgan fingerprint density at radius 2 is 2.14 bits per heavy atom. The predicted molar refractivity (Wildman–Crippen MR) is 80.2 cm³/mol. The normalized spacial score (nSPS) is 10.7. The molecule has 0 fully saturated rings. The molecule has 0 spiro atoms. The van der Waals surface area contributed by atoms with E-state index in [1.165, 1.54) is 18.3 Å². The second-order valence-corrected chi connectivity index (χ2v) is 5.56. The maximum Gasteiger partial charge on any atom is 0.290 e. The number of carbonyl (C=O) groups is 1. The number of nitrogens with one attached hydrogen (secondary N) is 1. The van der Waals surface area contributed by atoms with Crippen molar-refractivity contribution in [1.82, 2.24) is 4.98 Å². The Labute approximate surface area is 129 Å². The number of halogens is 3. The number of thioether (sulfide) groups is 1. The number of anilines is 1. The summed E-state index contributed by atoms with van der Waals surface area (Å²) in [5.74, 6) is -3.12. The highest BCUT2D eigenvalue weighted by atomic mass is 35.5. The molecule has 1 N–H and O–H groups in total. The van der Waals surface area contributed by atoms with E-state index in [4.69, 9.17) is 11.6 Å². The molecule has 0 aliphatic heterocycles. The molecule has 21 heavy (non-hydrogen) atoms. The van der Waals surface area contributed by atoms with Crippen LogP contribution in [0.1, 0.15) is 15.9 Å². The zero-order valence-corrected chi connectivity index (χ0v) is 12.5. The van der Waals surface area contributed by atoms with Gasteiger partial charge in [0.2, 0.25) is 0 Å². The molecular weight excluding hydrogens is 318 g/mol. The summed E-state index contributed by atoms with van der Waals surface area (Å²) in [4.78, 5) is 16.0. The van der Waals surface area contributed by atoms with Crippen LogP contribution in [0.4, 0.5) is 14.5 Å². The van der Waals surface area contributed by atoms with Crippen LogP contribution < -0.4 is 5.32 Å². The van der Waals surface area contributed by atoms with Gasteiger partial charge in [0, 0.05) is 16.9 Å². The number of pyridine rings is 1. The van der Waals surface area contributed by atoms with Gasteiger partial charge < -0.3 is 5.32 Å². The number of alkyl halides is 2. The van der Waals surface area contributed by atoms with Crippen LogP contribution in [-0.2, 0) is 0 Å². The van der Waals surface area contributed by atoms with Crippen molar-refractivity contribution in [2.45, 2.75) is 17.7 Å². The zero-order chi connectivity index (χ0) is 15.4. The Balaban J connectivity index is 2.24. The molecule has 1 amide bonds. The van der Waals surface area contributed by atoms with Crippen LogP contribution in [0.3, 0.4) is 0 Å². The van der Waals surface area contributed by atoms with Gasteiger partial charge in [-0.1, -0.05) is 11.6 Å². The number of aryl methyl sites for hydroxylation is 1. The number of benzene rings is 1. The SMILES string of the molecule is Cc1cc(Cl)ccc1NC(=O)c1cccnc1SC(F)F. The number of carbonyl (C=O) groups excluding carboxylic acids is 1. The molecule has 1 aromatic carbocycles. The topological polar surface area (TPSA) is 42.0 Å². The van der Waals surface area contributed by atoms with Gasteiger partial charge in [0.15, 0.2) is 0 Å². The fourth-order valence-corrected chi connectivity index (χ4v) is 2.50. The van der Waals surface area contributed by atoms with Crippen molar-refractivity contribution in [2.75, 3.05) is 5.32 Å². The van der Waals surface area contributed by atoms with Crippen molar-refractivity contribution < 1.29 is 13.6 Å². The van der Waals surface area contributed by atoms with Crippen molar-refractivity contribution in [2.24, 2.45) is 0 Å². The van der Waals surface area contributed by atoms with Crippen molar-refractivity contribution in [3.8, 4) is 0 Å². The first-order chi connectivity index (χ1) is 9.97. The summed E-state index contributed by atoms with van der Waals surface area (Å²) in [5, 5.41) is 3.22. The molecule has 3 nitrogen and oxygen atoms in total. The first-order valence-electron chi connectivity index (χ1n) is 5.94. The molecule has 0 saturated carbocycles. The number of hydrogen-bond donors (Lipinski definition) is 1. The third kappa shape index (κ3) is 4.15. The average Bonchev–Trinajstić information content (AvgIpc) is 2.42. The Hall–Kier alpha value is -1.66. The largest absolute Gasteiger partial charge is 0.322 e. The van der Waals surface area contributed by atoms with Gasteiger partial charge in [0.05, 0.1) is 5.56 Å². The van der Waals surface area contributed by atoms with Crippen LogP contribution in [-0.4, -0.2) is 16.6 Å². The molecule has 0 unspecified atom stereocenters. The van der Waals surface area contributed by atoms with Gasteiger partial charge in [-0.25, -0.2) is 4.98 Å². The lowest BCUT2D eigenvalue weighted by Crippen LogP contribution is -2.14. The molecule has 110 valence electrons. The molecule has 1 aromatic heterocycles. The Bertz CT molecular complexity index is 667. The first kappa shape index (κ1) is 15.7. The standard InChI is InChI=1S/C14H11ClF2N2OS/c1-8-7-9(15)4-5-11(8)19-12(20)10-3-2-6-18-13(10)21-14(16)17/h2-7,14H,1H3,(H,19,20). The molecular formula is C14H11ClF2N2OS. The lowest BCUT2D eigenvalue weighted by molar-refractivity contribution is 0.102. The van der Waals surface area contributed by atoms with Gasteiger partial charge in [-0.3, -0.25) is 4.79 Å². The molecule has 2 aromatic rings. The van der Waals surface area contributed by atoms with Crippen molar-refractivity contribution in [3.63, 3.8) is 0 Å². The summed E-state index contributed by atoms with van der Waals surface area (Å²) < 4.78 is 25.0. The summed E-state index contributed by atoms with van der Waals surface area (Å²) in [6, 6.07) is 7.99. The Morgan fingerprint density at radius 1 is 1.38 bits per heavy atom. The van der Waals surface area contributed by atoms with Gasteiger partial charge in [0.1, 0.15) is 5.03 Å². The molecule has 1 heterocycles. The number of rotatable bonds is 4. The minimum Gasteiger partial charge on any atom is -0.322 e. The Kier molecular flexibility index (Phi) is 5.14. The lowest BCUT2D eigenvalue weighted by atomic mass is 10.2. The van der Waals surface area contributed by atoms with Gasteiger partial charge in [0.25, 0.3) is 11.7 Å². The molecule has 0 aliphatic rings. The molecule has 2 rings (SSSR count). The lowest BCUT2D eigenvalue weighted by Gasteiger charge is -2.10. The predicted octanol–water partition coefficient (Wildman–Crippen LogP) is 4.61. The molecule has 0 saturated heterocycles. The number of aromatic nitrogens is 1. The summed E-state index contributed by atoms with van der Waals surface area (Å²) in [6.45, 7) is 1.79. The van der Waals surface area contributed by atoms with E-state index in [1.807, 2.05) is 0 Å². The summed E-state index contributed by atoms with van der Waals surface area (Å²) in [5.41, 5.74) is 1.46. The van der Waals surface area contributed by atoms with E-state index in [9.17, 15) is 13.6 Å². The van der Waals surface area contributed by atoms with Crippen molar-refractivity contribution in [3.05, 3.63) is 52.7 Å². The monoisotopic (exact) mass is 328 g/mol. The van der Waals surface area contributed by atoms with Crippen LogP contribution in [0.5, 0.6) is 0 Å². The van der Waals surface area contributed by atoms with Crippen LogP contribution in [0, 0.1) is 6.92 Å². The minimum absolute atomic E-state index is 0.00313. The van der Waals surface area contributed by atoms with Crippen LogP contribution in [0.2, 0.25) is 5.02 Å². The molecule has 0 radical (unpaired) electrons. The maximum absolute atomic E-state index is 12.5. The second kappa shape index (κ2) is 6.87. The molecule has 0 atom stereocenters.